The Morgan fingerprint density at radius 1 is 1.04 bits per heavy atom. The highest BCUT2D eigenvalue weighted by Gasteiger charge is 2.26. The fourth-order valence-electron chi connectivity index (χ4n) is 3.09. The molecule has 0 aliphatic carbocycles. The highest BCUT2D eigenvalue weighted by atomic mass is 32.2. The molecular weight excluding hydrogens is 350 g/mol. The van der Waals surface area contributed by atoms with E-state index in [1.54, 1.807) is 48.5 Å². The van der Waals surface area contributed by atoms with Crippen LogP contribution < -0.4 is 10.0 Å². The van der Waals surface area contributed by atoms with Crippen molar-refractivity contribution in [3.8, 4) is 6.07 Å². The molecule has 0 radical (unpaired) electrons. The first-order chi connectivity index (χ1) is 12.5. The lowest BCUT2D eigenvalue weighted by atomic mass is 10.1. The number of carbonyl (C=O) groups excluding carboxylic acids is 1. The van der Waals surface area contributed by atoms with Crippen LogP contribution >= 0.6 is 0 Å². The average molecular weight is 363 g/mol. The second-order valence-electron chi connectivity index (χ2n) is 5.93. The Kier molecular flexibility index (Phi) is 3.63. The maximum absolute atomic E-state index is 12.9. The SMILES string of the molecule is N#CCc1ccc(NS(=O)(=O)c2ccc3c4c(cccc24)C(=O)N3)cc1. The van der Waals surface area contributed by atoms with Gasteiger partial charge in [0.1, 0.15) is 0 Å². The number of nitrogens with zero attached hydrogens (tertiary/aromatic N) is 1. The molecule has 3 aromatic rings. The van der Waals surface area contributed by atoms with Gasteiger partial charge in [-0.05, 0) is 35.9 Å². The van der Waals surface area contributed by atoms with E-state index in [1.807, 2.05) is 6.07 Å². The van der Waals surface area contributed by atoms with Gasteiger partial charge in [0.2, 0.25) is 0 Å². The number of amides is 1. The van der Waals surface area contributed by atoms with E-state index in [9.17, 15) is 13.2 Å². The van der Waals surface area contributed by atoms with Crippen LogP contribution in [0, 0.1) is 11.3 Å². The normalized spacial score (nSPS) is 12.7. The first-order valence-corrected chi connectivity index (χ1v) is 9.34. The minimum Gasteiger partial charge on any atom is -0.321 e. The molecule has 26 heavy (non-hydrogen) atoms. The van der Waals surface area contributed by atoms with Crippen molar-refractivity contribution in [2.45, 2.75) is 11.3 Å². The first-order valence-electron chi connectivity index (χ1n) is 7.85. The summed E-state index contributed by atoms with van der Waals surface area (Å²) in [6.07, 6.45) is 0.267. The first kappa shape index (κ1) is 16.1. The Bertz CT molecular complexity index is 1190. The fourth-order valence-corrected chi connectivity index (χ4v) is 4.35. The molecule has 1 aliphatic heterocycles. The molecule has 128 valence electrons. The van der Waals surface area contributed by atoms with Crippen LogP contribution in [0.25, 0.3) is 10.8 Å². The Morgan fingerprint density at radius 3 is 2.54 bits per heavy atom. The van der Waals surface area contributed by atoms with Crippen molar-refractivity contribution < 1.29 is 13.2 Å². The zero-order valence-corrected chi connectivity index (χ0v) is 14.3. The molecular formula is C19H13N3O3S. The molecule has 1 heterocycles. The van der Waals surface area contributed by atoms with E-state index < -0.39 is 10.0 Å². The van der Waals surface area contributed by atoms with Crippen LogP contribution in [0.1, 0.15) is 15.9 Å². The molecule has 7 heteroatoms. The second kappa shape index (κ2) is 5.86. The summed E-state index contributed by atoms with van der Waals surface area (Å²) in [5.74, 6) is -0.235. The summed E-state index contributed by atoms with van der Waals surface area (Å²) in [5.41, 5.74) is 2.30. The number of nitrogens with one attached hydrogen (secondary N) is 2. The van der Waals surface area contributed by atoms with Gasteiger partial charge in [0.15, 0.2) is 0 Å². The van der Waals surface area contributed by atoms with Crippen molar-refractivity contribution in [1.29, 1.82) is 5.26 Å². The van der Waals surface area contributed by atoms with Crippen molar-refractivity contribution >= 4 is 38.1 Å². The van der Waals surface area contributed by atoms with Gasteiger partial charge in [0, 0.05) is 27.7 Å². The monoisotopic (exact) mass is 363 g/mol. The van der Waals surface area contributed by atoms with Crippen molar-refractivity contribution in [3.63, 3.8) is 0 Å². The molecule has 0 saturated heterocycles. The van der Waals surface area contributed by atoms with E-state index in [-0.39, 0.29) is 17.2 Å². The third-order valence-corrected chi connectivity index (χ3v) is 5.71. The van der Waals surface area contributed by atoms with Crippen LogP contribution in [0.5, 0.6) is 0 Å². The lowest BCUT2D eigenvalue weighted by Gasteiger charge is -2.11. The predicted octanol–water partition coefficient (Wildman–Crippen LogP) is 3.27. The Morgan fingerprint density at radius 2 is 1.81 bits per heavy atom. The predicted molar refractivity (Wildman–Crippen MR) is 98.5 cm³/mol. The number of sulfonamides is 1. The number of benzene rings is 3. The van der Waals surface area contributed by atoms with Gasteiger partial charge in [0.05, 0.1) is 17.4 Å². The van der Waals surface area contributed by atoms with E-state index in [1.165, 1.54) is 6.07 Å². The highest BCUT2D eigenvalue weighted by Crippen LogP contribution is 2.36. The van der Waals surface area contributed by atoms with Crippen LogP contribution in [0.2, 0.25) is 0 Å². The number of anilines is 2. The van der Waals surface area contributed by atoms with E-state index in [2.05, 4.69) is 10.0 Å². The highest BCUT2D eigenvalue weighted by molar-refractivity contribution is 7.93. The smallest absolute Gasteiger partial charge is 0.262 e. The zero-order chi connectivity index (χ0) is 18.3. The summed E-state index contributed by atoms with van der Waals surface area (Å²) in [6, 6.07) is 16.8. The molecule has 0 bridgehead atoms. The molecule has 0 unspecified atom stereocenters. The molecule has 0 fully saturated rings. The second-order valence-corrected chi connectivity index (χ2v) is 7.58. The van der Waals surface area contributed by atoms with Gasteiger partial charge in [-0.15, -0.1) is 0 Å². The van der Waals surface area contributed by atoms with Crippen LogP contribution in [0.4, 0.5) is 11.4 Å². The van der Waals surface area contributed by atoms with E-state index in [0.29, 0.717) is 27.7 Å². The topological polar surface area (TPSA) is 99.1 Å². The lowest BCUT2D eigenvalue weighted by Crippen LogP contribution is -2.13. The maximum atomic E-state index is 12.9. The van der Waals surface area contributed by atoms with E-state index in [4.69, 9.17) is 5.26 Å². The average Bonchev–Trinajstić information content (AvgIpc) is 2.95. The van der Waals surface area contributed by atoms with Crippen molar-refractivity contribution in [2.75, 3.05) is 10.0 Å². The summed E-state index contributed by atoms with van der Waals surface area (Å²) in [7, 11) is -3.84. The van der Waals surface area contributed by atoms with E-state index in [0.717, 1.165) is 5.56 Å². The number of carbonyl (C=O) groups is 1. The van der Waals surface area contributed by atoms with Gasteiger partial charge in [-0.25, -0.2) is 8.42 Å². The quantitative estimate of drug-likeness (QED) is 0.743. The Balaban J connectivity index is 1.76. The van der Waals surface area contributed by atoms with E-state index >= 15 is 0 Å². The van der Waals surface area contributed by atoms with Gasteiger partial charge in [-0.3, -0.25) is 9.52 Å². The van der Waals surface area contributed by atoms with Crippen LogP contribution in [0.3, 0.4) is 0 Å². The summed E-state index contributed by atoms with van der Waals surface area (Å²) in [5, 5.41) is 12.5. The number of nitriles is 1. The van der Waals surface area contributed by atoms with Gasteiger partial charge in [0.25, 0.3) is 15.9 Å². The number of hydrogen-bond donors (Lipinski definition) is 2. The minimum atomic E-state index is -3.84. The van der Waals surface area contributed by atoms with Crippen molar-refractivity contribution in [1.82, 2.24) is 0 Å². The summed E-state index contributed by atoms with van der Waals surface area (Å²) >= 11 is 0. The van der Waals surface area contributed by atoms with Gasteiger partial charge < -0.3 is 5.32 Å². The summed E-state index contributed by atoms with van der Waals surface area (Å²) in [4.78, 5) is 12.1. The molecule has 0 aromatic heterocycles. The summed E-state index contributed by atoms with van der Waals surface area (Å²) < 4.78 is 28.3. The van der Waals surface area contributed by atoms with Crippen molar-refractivity contribution in [2.24, 2.45) is 0 Å². The van der Waals surface area contributed by atoms with Crippen LogP contribution in [0.15, 0.2) is 59.5 Å². The molecule has 0 saturated carbocycles. The van der Waals surface area contributed by atoms with Gasteiger partial charge in [-0.2, -0.15) is 5.26 Å². The van der Waals surface area contributed by atoms with Crippen LogP contribution in [-0.4, -0.2) is 14.3 Å². The third kappa shape index (κ3) is 2.57. The molecule has 3 aromatic carbocycles. The molecule has 2 N–H and O–H groups in total. The molecule has 1 aliphatic rings. The van der Waals surface area contributed by atoms with Crippen LogP contribution in [-0.2, 0) is 16.4 Å². The fraction of sp³-hybridized carbons (Fsp3) is 0.0526. The molecule has 1 amide bonds. The lowest BCUT2D eigenvalue weighted by molar-refractivity contribution is 0.103. The minimum absolute atomic E-state index is 0.107. The van der Waals surface area contributed by atoms with Gasteiger partial charge in [-0.1, -0.05) is 24.3 Å². The van der Waals surface area contributed by atoms with Gasteiger partial charge >= 0.3 is 0 Å². The number of hydrogen-bond acceptors (Lipinski definition) is 4. The Labute approximate surface area is 150 Å². The van der Waals surface area contributed by atoms with Crippen molar-refractivity contribution in [3.05, 3.63) is 65.7 Å². The molecule has 4 rings (SSSR count). The Hall–Kier alpha value is -3.37. The summed E-state index contributed by atoms with van der Waals surface area (Å²) in [6.45, 7) is 0. The third-order valence-electron chi connectivity index (χ3n) is 4.27. The number of rotatable bonds is 4. The maximum Gasteiger partial charge on any atom is 0.262 e. The molecule has 0 atom stereocenters. The molecule has 6 nitrogen and oxygen atoms in total. The zero-order valence-electron chi connectivity index (χ0n) is 13.5. The largest absolute Gasteiger partial charge is 0.321 e. The standard InChI is InChI=1S/C19H13N3O3S/c20-11-10-12-4-6-13(7-5-12)22-26(24,25)17-9-8-16-18-14(17)2-1-3-15(18)19(23)21-16/h1-9,22H,10H2,(H,21,23). The molecule has 0 spiro atoms.